The number of aryl methyl sites for hydroxylation is 1. The van der Waals surface area contributed by atoms with Crippen LogP contribution in [0, 0.1) is 0 Å². The SMILES string of the molecule is COC(=O)c1ccc(-c2cn(CCS)n2C)cc1. The van der Waals surface area contributed by atoms with Crippen LogP contribution in [0.1, 0.15) is 10.4 Å². The molecule has 0 amide bonds. The van der Waals surface area contributed by atoms with Crippen molar-refractivity contribution in [2.75, 3.05) is 12.9 Å². The highest BCUT2D eigenvalue weighted by atomic mass is 32.1. The number of carbonyl (C=O) groups is 1. The van der Waals surface area contributed by atoms with Crippen LogP contribution in [0.5, 0.6) is 0 Å². The Balaban J connectivity index is 2.19. The molecule has 0 saturated carbocycles. The molecule has 0 unspecified atom stereocenters. The van der Waals surface area contributed by atoms with Gasteiger partial charge in [-0.2, -0.15) is 12.6 Å². The highest BCUT2D eigenvalue weighted by Gasteiger charge is 2.10. The summed E-state index contributed by atoms with van der Waals surface area (Å²) in [6.07, 6.45) is 2.07. The molecule has 18 heavy (non-hydrogen) atoms. The van der Waals surface area contributed by atoms with Crippen LogP contribution in [0.25, 0.3) is 11.3 Å². The smallest absolute Gasteiger partial charge is 0.337 e. The maximum atomic E-state index is 11.3. The van der Waals surface area contributed by atoms with Crippen molar-refractivity contribution in [2.24, 2.45) is 7.05 Å². The van der Waals surface area contributed by atoms with Crippen LogP contribution >= 0.6 is 12.6 Å². The zero-order valence-corrected chi connectivity index (χ0v) is 11.4. The minimum absolute atomic E-state index is 0.311. The van der Waals surface area contributed by atoms with E-state index < -0.39 is 0 Å². The van der Waals surface area contributed by atoms with E-state index in [2.05, 4.69) is 32.9 Å². The van der Waals surface area contributed by atoms with Crippen LogP contribution in [0.15, 0.2) is 30.5 Å². The fourth-order valence-electron chi connectivity index (χ4n) is 1.87. The monoisotopic (exact) mass is 264 g/mol. The lowest BCUT2D eigenvalue weighted by Crippen LogP contribution is -2.21. The number of esters is 1. The molecule has 1 heterocycles. The maximum absolute atomic E-state index is 11.3. The third-order valence-electron chi connectivity index (χ3n) is 2.94. The Hall–Kier alpha value is -1.62. The van der Waals surface area contributed by atoms with E-state index in [0.717, 1.165) is 23.6 Å². The van der Waals surface area contributed by atoms with E-state index in [1.807, 2.05) is 19.2 Å². The lowest BCUT2D eigenvalue weighted by molar-refractivity contribution is 0.0601. The van der Waals surface area contributed by atoms with Gasteiger partial charge in [-0.1, -0.05) is 12.1 Å². The fraction of sp³-hybridized carbons (Fsp3) is 0.308. The summed E-state index contributed by atoms with van der Waals surface area (Å²) >= 11 is 4.20. The summed E-state index contributed by atoms with van der Waals surface area (Å²) in [5.74, 6) is 0.504. The van der Waals surface area contributed by atoms with E-state index in [1.54, 1.807) is 12.1 Å². The molecule has 1 aromatic carbocycles. The highest BCUT2D eigenvalue weighted by Crippen LogP contribution is 2.22. The minimum Gasteiger partial charge on any atom is -0.465 e. The Morgan fingerprint density at radius 2 is 2.00 bits per heavy atom. The first-order valence-electron chi connectivity index (χ1n) is 5.69. The van der Waals surface area contributed by atoms with Gasteiger partial charge < -0.3 is 4.74 Å². The van der Waals surface area contributed by atoms with Gasteiger partial charge in [0.25, 0.3) is 0 Å². The second-order valence-corrected chi connectivity index (χ2v) is 4.44. The number of hydrogen-bond acceptors (Lipinski definition) is 3. The number of ether oxygens (including phenoxy) is 1. The number of aromatic nitrogens is 2. The molecule has 96 valence electrons. The van der Waals surface area contributed by atoms with Gasteiger partial charge in [-0.25, -0.2) is 4.79 Å². The first-order chi connectivity index (χ1) is 8.67. The predicted molar refractivity (Wildman–Crippen MR) is 74.0 cm³/mol. The van der Waals surface area contributed by atoms with E-state index in [-0.39, 0.29) is 5.97 Å². The molecule has 2 rings (SSSR count). The molecule has 0 radical (unpaired) electrons. The first kappa shape index (κ1) is 12.8. The van der Waals surface area contributed by atoms with Gasteiger partial charge in [0.05, 0.1) is 18.4 Å². The number of hydrogen-bond donors (Lipinski definition) is 1. The molecule has 0 N–H and O–H groups in total. The Morgan fingerprint density at radius 1 is 1.33 bits per heavy atom. The fourth-order valence-corrected chi connectivity index (χ4v) is 2.07. The molecule has 5 heteroatoms. The van der Waals surface area contributed by atoms with Crippen molar-refractivity contribution in [2.45, 2.75) is 6.54 Å². The summed E-state index contributed by atoms with van der Waals surface area (Å²) in [5.41, 5.74) is 2.78. The molecular weight excluding hydrogens is 248 g/mol. The topological polar surface area (TPSA) is 36.2 Å². The summed E-state index contributed by atoms with van der Waals surface area (Å²) in [6, 6.07) is 7.40. The summed E-state index contributed by atoms with van der Waals surface area (Å²) in [6.45, 7) is 0.892. The van der Waals surface area contributed by atoms with Crippen LogP contribution in [0.3, 0.4) is 0 Å². The molecule has 0 saturated heterocycles. The quantitative estimate of drug-likeness (QED) is 0.679. The molecule has 2 aromatic rings. The molecule has 1 aromatic heterocycles. The van der Waals surface area contributed by atoms with Crippen molar-refractivity contribution >= 4 is 18.6 Å². The molecule has 0 bridgehead atoms. The second kappa shape index (κ2) is 5.35. The van der Waals surface area contributed by atoms with Gasteiger partial charge in [-0.15, -0.1) is 0 Å². The molecule has 0 atom stereocenters. The van der Waals surface area contributed by atoms with Crippen molar-refractivity contribution < 1.29 is 9.53 Å². The van der Waals surface area contributed by atoms with Crippen LogP contribution in [-0.2, 0) is 18.3 Å². The largest absolute Gasteiger partial charge is 0.465 e. The van der Waals surface area contributed by atoms with Gasteiger partial charge in [-0.05, 0) is 12.1 Å². The lowest BCUT2D eigenvalue weighted by atomic mass is 10.1. The van der Waals surface area contributed by atoms with Gasteiger partial charge in [0.15, 0.2) is 0 Å². The Kier molecular flexibility index (Phi) is 3.81. The van der Waals surface area contributed by atoms with Crippen LogP contribution in [-0.4, -0.2) is 28.2 Å². The number of carbonyl (C=O) groups excluding carboxylic acids is 1. The zero-order chi connectivity index (χ0) is 13.1. The third-order valence-corrected chi connectivity index (χ3v) is 3.14. The molecule has 0 aliphatic carbocycles. The summed E-state index contributed by atoms with van der Waals surface area (Å²) in [7, 11) is 3.39. The summed E-state index contributed by atoms with van der Waals surface area (Å²) < 4.78 is 8.83. The van der Waals surface area contributed by atoms with Crippen LogP contribution in [0.4, 0.5) is 0 Å². The van der Waals surface area contributed by atoms with E-state index in [1.165, 1.54) is 7.11 Å². The number of thiol groups is 1. The van der Waals surface area contributed by atoms with Crippen molar-refractivity contribution in [1.82, 2.24) is 9.36 Å². The molecular formula is C13H16N2O2S. The molecule has 0 aliphatic heterocycles. The molecule has 0 fully saturated rings. The van der Waals surface area contributed by atoms with Gasteiger partial charge in [0.1, 0.15) is 0 Å². The van der Waals surface area contributed by atoms with E-state index in [4.69, 9.17) is 0 Å². The minimum atomic E-state index is -0.311. The molecule has 4 nitrogen and oxygen atoms in total. The average molecular weight is 264 g/mol. The van der Waals surface area contributed by atoms with E-state index >= 15 is 0 Å². The van der Waals surface area contributed by atoms with Crippen molar-refractivity contribution in [1.29, 1.82) is 0 Å². The van der Waals surface area contributed by atoms with Crippen molar-refractivity contribution in [3.63, 3.8) is 0 Å². The number of methoxy groups -OCH3 is 1. The summed E-state index contributed by atoms with van der Waals surface area (Å²) in [4.78, 5) is 11.3. The summed E-state index contributed by atoms with van der Waals surface area (Å²) in [5, 5.41) is 0. The maximum Gasteiger partial charge on any atom is 0.337 e. The van der Waals surface area contributed by atoms with Crippen molar-refractivity contribution in [3.05, 3.63) is 36.0 Å². The second-order valence-electron chi connectivity index (χ2n) is 3.99. The Morgan fingerprint density at radius 3 is 2.50 bits per heavy atom. The Labute approximate surface area is 112 Å². The standard InChI is InChI=1S/C13H16N2O2S/c1-14-12(9-15(14)7-8-18)10-3-5-11(6-4-10)13(16)17-2/h3-6,9,18H,7-8H2,1-2H3. The first-order valence-corrected chi connectivity index (χ1v) is 6.32. The zero-order valence-electron chi connectivity index (χ0n) is 10.5. The average Bonchev–Trinajstić information content (AvgIpc) is 2.42. The van der Waals surface area contributed by atoms with Crippen molar-refractivity contribution in [3.8, 4) is 11.3 Å². The van der Waals surface area contributed by atoms with Gasteiger partial charge in [-0.3, -0.25) is 9.36 Å². The number of rotatable bonds is 4. The van der Waals surface area contributed by atoms with E-state index in [0.29, 0.717) is 5.56 Å². The number of benzene rings is 1. The lowest BCUT2D eigenvalue weighted by Gasteiger charge is -2.23. The van der Waals surface area contributed by atoms with Crippen LogP contribution < -0.4 is 0 Å². The normalized spacial score (nSPS) is 10.6. The van der Waals surface area contributed by atoms with E-state index in [9.17, 15) is 4.79 Å². The highest BCUT2D eigenvalue weighted by molar-refractivity contribution is 7.80. The van der Waals surface area contributed by atoms with Gasteiger partial charge in [0, 0.05) is 31.1 Å². The predicted octanol–water partition coefficient (Wildman–Crippen LogP) is 2.21. The number of nitrogens with zero attached hydrogens (tertiary/aromatic N) is 2. The van der Waals surface area contributed by atoms with Gasteiger partial charge in [0.2, 0.25) is 0 Å². The van der Waals surface area contributed by atoms with Gasteiger partial charge >= 0.3 is 5.97 Å². The Bertz CT molecular complexity index is 540. The molecule has 0 aliphatic rings. The third kappa shape index (κ3) is 2.31. The van der Waals surface area contributed by atoms with Crippen LogP contribution in [0.2, 0.25) is 0 Å². The molecule has 0 spiro atoms.